The van der Waals surface area contributed by atoms with E-state index in [1.54, 1.807) is 0 Å². The molecule has 1 aliphatic heterocycles. The molecule has 1 amide bonds. The second-order valence-corrected chi connectivity index (χ2v) is 6.96. The van der Waals surface area contributed by atoms with Gasteiger partial charge in [0, 0.05) is 12.2 Å². The summed E-state index contributed by atoms with van der Waals surface area (Å²) in [4.78, 5) is 14.5. The van der Waals surface area contributed by atoms with Crippen molar-refractivity contribution in [3.63, 3.8) is 0 Å². The maximum Gasteiger partial charge on any atom is 0.274 e. The van der Waals surface area contributed by atoms with Crippen LogP contribution in [-0.2, 0) is 0 Å². The number of aromatic nitrogens is 2. The molecule has 4 rings (SSSR count). The van der Waals surface area contributed by atoms with Crippen molar-refractivity contribution in [1.82, 2.24) is 15.1 Å². The molecule has 0 aromatic carbocycles. The van der Waals surface area contributed by atoms with Gasteiger partial charge in [0.2, 0.25) is 0 Å². The Kier molecular flexibility index (Phi) is 2.52. The molecule has 1 saturated heterocycles. The number of fused-ring (bicyclic) bond motifs is 1. The highest BCUT2D eigenvalue weighted by Crippen LogP contribution is 2.55. The smallest absolute Gasteiger partial charge is 0.274 e. The van der Waals surface area contributed by atoms with Gasteiger partial charge >= 0.3 is 0 Å². The lowest BCUT2D eigenvalue weighted by atomic mass is 9.88. The van der Waals surface area contributed by atoms with E-state index < -0.39 is 0 Å². The molecule has 20 heavy (non-hydrogen) atoms. The highest BCUT2D eigenvalue weighted by Gasteiger charge is 2.60. The van der Waals surface area contributed by atoms with E-state index in [1.807, 2.05) is 11.0 Å². The lowest BCUT2D eigenvalue weighted by Gasteiger charge is -2.28. The molecule has 2 heterocycles. The standard InChI is InChI=1S/C15H21N3O2/c1-7(2)11-5-12(17-16-11)15(20)18-6-9-3-8-4-10(9)13(18)14(8)19/h5,7-10,13-14,19H,3-4,6H2,1-2H3,(H,16,17). The van der Waals surface area contributed by atoms with Gasteiger partial charge < -0.3 is 10.0 Å². The molecule has 1 aromatic heterocycles. The molecule has 3 fully saturated rings. The summed E-state index contributed by atoms with van der Waals surface area (Å²) in [5.41, 5.74) is 1.48. The summed E-state index contributed by atoms with van der Waals surface area (Å²) in [6.45, 7) is 4.94. The highest BCUT2D eigenvalue weighted by molar-refractivity contribution is 5.93. The Labute approximate surface area is 118 Å². The largest absolute Gasteiger partial charge is 0.391 e. The predicted octanol–water partition coefficient (Wildman–Crippen LogP) is 1.37. The minimum Gasteiger partial charge on any atom is -0.391 e. The first-order valence-corrected chi connectivity index (χ1v) is 7.60. The SMILES string of the molecule is CC(C)c1cc(C(=O)N2CC3CC4CC3C2C4O)n[nH]1. The summed E-state index contributed by atoms with van der Waals surface area (Å²) in [6.07, 6.45) is 1.85. The molecule has 5 unspecified atom stereocenters. The van der Waals surface area contributed by atoms with Gasteiger partial charge in [-0.25, -0.2) is 0 Å². The molecule has 5 nitrogen and oxygen atoms in total. The number of rotatable bonds is 2. The second-order valence-electron chi connectivity index (χ2n) is 6.96. The van der Waals surface area contributed by atoms with Gasteiger partial charge in [-0.15, -0.1) is 0 Å². The van der Waals surface area contributed by atoms with Crippen molar-refractivity contribution in [3.05, 3.63) is 17.5 Å². The monoisotopic (exact) mass is 275 g/mol. The number of hydrogen-bond acceptors (Lipinski definition) is 3. The molecule has 0 spiro atoms. The number of aromatic amines is 1. The molecule has 2 bridgehead atoms. The van der Waals surface area contributed by atoms with Crippen molar-refractivity contribution in [2.75, 3.05) is 6.54 Å². The van der Waals surface area contributed by atoms with Crippen molar-refractivity contribution in [2.45, 2.75) is 44.8 Å². The van der Waals surface area contributed by atoms with Crippen LogP contribution in [0.5, 0.6) is 0 Å². The Bertz CT molecular complexity index is 551. The molecule has 2 saturated carbocycles. The van der Waals surface area contributed by atoms with Crippen LogP contribution < -0.4 is 0 Å². The van der Waals surface area contributed by atoms with Gasteiger partial charge in [0.25, 0.3) is 5.91 Å². The first kappa shape index (κ1) is 12.4. The zero-order valence-electron chi connectivity index (χ0n) is 11.9. The van der Waals surface area contributed by atoms with Crippen LogP contribution in [0.1, 0.15) is 48.8 Å². The Morgan fingerprint density at radius 3 is 2.90 bits per heavy atom. The summed E-state index contributed by atoms with van der Waals surface area (Å²) in [7, 11) is 0. The molecule has 0 radical (unpaired) electrons. The summed E-state index contributed by atoms with van der Waals surface area (Å²) < 4.78 is 0. The van der Waals surface area contributed by atoms with Crippen LogP contribution in [0, 0.1) is 17.8 Å². The number of carbonyl (C=O) groups excluding carboxylic acids is 1. The second kappa shape index (κ2) is 4.07. The Hall–Kier alpha value is -1.36. The molecule has 5 heteroatoms. The number of aliphatic hydroxyl groups is 1. The van der Waals surface area contributed by atoms with E-state index in [2.05, 4.69) is 24.0 Å². The van der Waals surface area contributed by atoms with Crippen LogP contribution in [0.25, 0.3) is 0 Å². The quantitative estimate of drug-likeness (QED) is 0.856. The van der Waals surface area contributed by atoms with Crippen molar-refractivity contribution < 1.29 is 9.90 Å². The summed E-state index contributed by atoms with van der Waals surface area (Å²) in [6, 6.07) is 1.89. The van der Waals surface area contributed by atoms with Crippen LogP contribution >= 0.6 is 0 Å². The Balaban J connectivity index is 1.60. The highest BCUT2D eigenvalue weighted by atomic mass is 16.3. The van der Waals surface area contributed by atoms with Crippen LogP contribution in [0.15, 0.2) is 6.07 Å². The summed E-state index contributed by atoms with van der Waals surface area (Å²) in [5, 5.41) is 17.4. The topological polar surface area (TPSA) is 69.2 Å². The van der Waals surface area contributed by atoms with Gasteiger partial charge in [-0.05, 0) is 42.6 Å². The minimum absolute atomic E-state index is 0.0211. The van der Waals surface area contributed by atoms with Gasteiger partial charge in [-0.2, -0.15) is 5.10 Å². The van der Waals surface area contributed by atoms with Gasteiger partial charge in [-0.1, -0.05) is 13.8 Å². The van der Waals surface area contributed by atoms with E-state index in [0.717, 1.165) is 25.1 Å². The summed E-state index contributed by atoms with van der Waals surface area (Å²) >= 11 is 0. The Morgan fingerprint density at radius 2 is 2.25 bits per heavy atom. The lowest BCUT2D eigenvalue weighted by Crippen LogP contribution is -2.43. The fraction of sp³-hybridized carbons (Fsp3) is 0.733. The lowest BCUT2D eigenvalue weighted by molar-refractivity contribution is 0.0398. The number of likely N-dealkylation sites (tertiary alicyclic amines) is 1. The fourth-order valence-electron chi connectivity index (χ4n) is 4.54. The third kappa shape index (κ3) is 1.53. The summed E-state index contributed by atoms with van der Waals surface area (Å²) in [5.74, 6) is 1.84. The van der Waals surface area contributed by atoms with Crippen LogP contribution in [0.3, 0.4) is 0 Å². The van der Waals surface area contributed by atoms with Gasteiger partial charge in [0.05, 0.1) is 12.1 Å². The van der Waals surface area contributed by atoms with Crippen molar-refractivity contribution in [1.29, 1.82) is 0 Å². The molecule has 1 aromatic rings. The third-order valence-electron chi connectivity index (χ3n) is 5.55. The number of amides is 1. The molecule has 2 aliphatic carbocycles. The van der Waals surface area contributed by atoms with E-state index in [9.17, 15) is 9.90 Å². The number of nitrogens with one attached hydrogen (secondary N) is 1. The molecule has 5 atom stereocenters. The molecular formula is C15H21N3O2. The molecule has 3 aliphatic rings. The van der Waals surface area contributed by atoms with Gasteiger partial charge in [0.15, 0.2) is 0 Å². The molecule has 108 valence electrons. The van der Waals surface area contributed by atoms with Gasteiger partial charge in [-0.3, -0.25) is 9.89 Å². The van der Waals surface area contributed by atoms with Crippen LogP contribution in [0.2, 0.25) is 0 Å². The first-order chi connectivity index (χ1) is 9.56. The van der Waals surface area contributed by atoms with Gasteiger partial charge in [0.1, 0.15) is 5.69 Å². The number of H-pyrrole nitrogens is 1. The van der Waals surface area contributed by atoms with E-state index in [1.165, 1.54) is 0 Å². The first-order valence-electron chi connectivity index (χ1n) is 7.60. The number of nitrogens with zero attached hydrogens (tertiary/aromatic N) is 2. The third-order valence-corrected chi connectivity index (χ3v) is 5.55. The van der Waals surface area contributed by atoms with E-state index in [-0.39, 0.29) is 18.1 Å². The van der Waals surface area contributed by atoms with Crippen LogP contribution in [-0.4, -0.2) is 44.8 Å². The normalized spacial score (nSPS) is 38.2. The molecular weight excluding hydrogens is 254 g/mol. The maximum absolute atomic E-state index is 12.7. The number of carbonyl (C=O) groups is 1. The van der Waals surface area contributed by atoms with Crippen molar-refractivity contribution in [2.24, 2.45) is 17.8 Å². The van der Waals surface area contributed by atoms with E-state index >= 15 is 0 Å². The number of aliphatic hydroxyl groups excluding tert-OH is 1. The number of hydrogen-bond donors (Lipinski definition) is 2. The zero-order chi connectivity index (χ0) is 14.0. The maximum atomic E-state index is 12.7. The predicted molar refractivity (Wildman–Crippen MR) is 73.2 cm³/mol. The van der Waals surface area contributed by atoms with Crippen LogP contribution in [0.4, 0.5) is 0 Å². The van der Waals surface area contributed by atoms with Crippen molar-refractivity contribution in [3.8, 4) is 0 Å². The van der Waals surface area contributed by atoms with E-state index in [4.69, 9.17) is 0 Å². The molecule has 2 N–H and O–H groups in total. The fourth-order valence-corrected chi connectivity index (χ4v) is 4.54. The Morgan fingerprint density at radius 1 is 1.45 bits per heavy atom. The van der Waals surface area contributed by atoms with Crippen molar-refractivity contribution >= 4 is 5.91 Å². The average Bonchev–Trinajstić information content (AvgIpc) is 3.11. The van der Waals surface area contributed by atoms with E-state index in [0.29, 0.717) is 29.4 Å². The minimum atomic E-state index is -0.328. The zero-order valence-corrected chi connectivity index (χ0v) is 11.9. The average molecular weight is 275 g/mol.